The van der Waals surface area contributed by atoms with Crippen LogP contribution in [0.1, 0.15) is 44.7 Å². The first-order chi connectivity index (χ1) is 8.97. The molecule has 1 aromatic rings. The van der Waals surface area contributed by atoms with Crippen LogP contribution >= 0.6 is 0 Å². The highest BCUT2D eigenvalue weighted by molar-refractivity contribution is 5.56. The fraction of sp³-hybridized carbons (Fsp3) is 0.647. The van der Waals surface area contributed by atoms with Crippen molar-refractivity contribution in [2.45, 2.75) is 59.0 Å². The Morgan fingerprint density at radius 2 is 2.05 bits per heavy atom. The zero-order chi connectivity index (χ0) is 14.0. The first-order valence-corrected chi connectivity index (χ1v) is 7.59. The number of aryl methyl sites for hydroxylation is 1. The number of hydrogen-bond acceptors (Lipinski definition) is 2. The molecule has 0 aromatic heterocycles. The van der Waals surface area contributed by atoms with Crippen molar-refractivity contribution in [3.63, 3.8) is 0 Å². The molecule has 0 bridgehead atoms. The van der Waals surface area contributed by atoms with E-state index >= 15 is 0 Å². The van der Waals surface area contributed by atoms with E-state index in [0.717, 1.165) is 12.3 Å². The summed E-state index contributed by atoms with van der Waals surface area (Å²) in [5.74, 6) is 0.792. The fourth-order valence-electron chi connectivity index (χ4n) is 3.13. The number of benzene rings is 1. The predicted molar refractivity (Wildman–Crippen MR) is 83.7 cm³/mol. The van der Waals surface area contributed by atoms with Gasteiger partial charge in [-0.15, -0.1) is 0 Å². The lowest BCUT2D eigenvalue weighted by atomic mass is 9.92. The van der Waals surface area contributed by atoms with E-state index in [9.17, 15) is 0 Å². The van der Waals surface area contributed by atoms with Gasteiger partial charge in [-0.25, -0.2) is 0 Å². The Labute approximate surface area is 118 Å². The average molecular weight is 260 g/mol. The van der Waals surface area contributed by atoms with Crippen LogP contribution in [0.3, 0.4) is 0 Å². The molecule has 0 aliphatic carbocycles. The summed E-state index contributed by atoms with van der Waals surface area (Å²) in [6, 6.07) is 7.70. The molecular weight excluding hydrogens is 232 g/mol. The van der Waals surface area contributed by atoms with E-state index in [1.165, 1.54) is 36.2 Å². The second-order valence-corrected chi connectivity index (χ2v) is 6.50. The first kappa shape index (κ1) is 14.4. The average Bonchev–Trinajstić information content (AvgIpc) is 2.32. The molecule has 0 saturated carbocycles. The van der Waals surface area contributed by atoms with Gasteiger partial charge in [0.1, 0.15) is 0 Å². The number of anilines is 1. The topological polar surface area (TPSA) is 29.3 Å². The van der Waals surface area contributed by atoms with Crippen molar-refractivity contribution in [3.8, 4) is 0 Å². The molecule has 1 aromatic carbocycles. The molecule has 3 unspecified atom stereocenters. The van der Waals surface area contributed by atoms with Crippen LogP contribution in [0.2, 0.25) is 0 Å². The van der Waals surface area contributed by atoms with Gasteiger partial charge in [0.25, 0.3) is 0 Å². The van der Waals surface area contributed by atoms with Crippen LogP contribution in [0.5, 0.6) is 0 Å². The molecule has 106 valence electrons. The maximum Gasteiger partial charge on any atom is 0.0402 e. The summed E-state index contributed by atoms with van der Waals surface area (Å²) in [7, 11) is 0. The number of nitrogens with two attached hydrogens (primary N) is 1. The zero-order valence-electron chi connectivity index (χ0n) is 12.8. The third-order valence-corrected chi connectivity index (χ3v) is 4.20. The highest BCUT2D eigenvalue weighted by Crippen LogP contribution is 2.31. The lowest BCUT2D eigenvalue weighted by Gasteiger charge is -2.40. The lowest BCUT2D eigenvalue weighted by Crippen LogP contribution is -2.41. The quantitative estimate of drug-likeness (QED) is 0.901. The molecule has 1 fully saturated rings. The summed E-state index contributed by atoms with van der Waals surface area (Å²) in [6.07, 6.45) is 3.62. The predicted octanol–water partition coefficient (Wildman–Crippen LogP) is 3.51. The van der Waals surface area contributed by atoms with Crippen molar-refractivity contribution in [3.05, 3.63) is 29.3 Å². The Balaban J connectivity index is 2.31. The molecule has 2 nitrogen and oxygen atoms in total. The largest absolute Gasteiger partial charge is 0.368 e. The summed E-state index contributed by atoms with van der Waals surface area (Å²) in [4.78, 5) is 2.59. The molecule has 1 aliphatic rings. The first-order valence-electron chi connectivity index (χ1n) is 7.59. The zero-order valence-corrected chi connectivity index (χ0v) is 12.8. The molecule has 2 rings (SSSR count). The molecule has 2 heteroatoms. The Morgan fingerprint density at radius 1 is 1.32 bits per heavy atom. The summed E-state index contributed by atoms with van der Waals surface area (Å²) >= 11 is 0. The Bertz CT molecular complexity index is 425. The molecule has 2 N–H and O–H groups in total. The maximum absolute atomic E-state index is 6.02. The van der Waals surface area contributed by atoms with Crippen molar-refractivity contribution in [1.29, 1.82) is 0 Å². The van der Waals surface area contributed by atoms with Gasteiger partial charge in [0.15, 0.2) is 0 Å². The van der Waals surface area contributed by atoms with E-state index in [1.54, 1.807) is 0 Å². The van der Waals surface area contributed by atoms with E-state index in [4.69, 9.17) is 5.73 Å². The SMILES string of the molecule is Cc1ccc(N2CC(C)CCC2C)c(CC(C)N)c1. The lowest BCUT2D eigenvalue weighted by molar-refractivity contribution is 0.389. The monoisotopic (exact) mass is 260 g/mol. The van der Waals surface area contributed by atoms with Gasteiger partial charge in [0, 0.05) is 24.3 Å². The molecule has 1 heterocycles. The highest BCUT2D eigenvalue weighted by atomic mass is 15.2. The van der Waals surface area contributed by atoms with Gasteiger partial charge >= 0.3 is 0 Å². The highest BCUT2D eigenvalue weighted by Gasteiger charge is 2.24. The van der Waals surface area contributed by atoms with Crippen LogP contribution in [0.15, 0.2) is 18.2 Å². The van der Waals surface area contributed by atoms with Gasteiger partial charge in [-0.3, -0.25) is 0 Å². The van der Waals surface area contributed by atoms with Gasteiger partial charge in [-0.1, -0.05) is 24.6 Å². The fourth-order valence-corrected chi connectivity index (χ4v) is 3.13. The van der Waals surface area contributed by atoms with Crippen molar-refractivity contribution in [2.75, 3.05) is 11.4 Å². The smallest absolute Gasteiger partial charge is 0.0402 e. The number of nitrogens with zero attached hydrogens (tertiary/aromatic N) is 1. The Morgan fingerprint density at radius 3 is 2.74 bits per heavy atom. The number of hydrogen-bond donors (Lipinski definition) is 1. The van der Waals surface area contributed by atoms with Crippen LogP contribution in [0.25, 0.3) is 0 Å². The van der Waals surface area contributed by atoms with Gasteiger partial charge in [-0.05, 0) is 57.6 Å². The van der Waals surface area contributed by atoms with Crippen LogP contribution in [-0.2, 0) is 6.42 Å². The number of rotatable bonds is 3. The maximum atomic E-state index is 6.02. The summed E-state index contributed by atoms with van der Waals surface area (Å²) in [5, 5.41) is 0. The molecule has 0 radical (unpaired) electrons. The van der Waals surface area contributed by atoms with Gasteiger partial charge < -0.3 is 10.6 Å². The van der Waals surface area contributed by atoms with Crippen LogP contribution in [0.4, 0.5) is 5.69 Å². The van der Waals surface area contributed by atoms with E-state index in [2.05, 4.69) is 50.8 Å². The molecule has 3 atom stereocenters. The summed E-state index contributed by atoms with van der Waals surface area (Å²) in [5.41, 5.74) is 10.2. The van der Waals surface area contributed by atoms with E-state index in [1.807, 2.05) is 0 Å². The normalized spacial score (nSPS) is 25.4. The van der Waals surface area contributed by atoms with Crippen molar-refractivity contribution in [2.24, 2.45) is 11.7 Å². The molecule has 19 heavy (non-hydrogen) atoms. The van der Waals surface area contributed by atoms with Crippen LogP contribution in [-0.4, -0.2) is 18.6 Å². The van der Waals surface area contributed by atoms with E-state index < -0.39 is 0 Å². The minimum atomic E-state index is 0.220. The van der Waals surface area contributed by atoms with Crippen molar-refractivity contribution < 1.29 is 0 Å². The third kappa shape index (κ3) is 3.50. The second kappa shape index (κ2) is 5.96. The van der Waals surface area contributed by atoms with E-state index in [0.29, 0.717) is 6.04 Å². The van der Waals surface area contributed by atoms with Crippen LogP contribution in [0, 0.1) is 12.8 Å². The summed E-state index contributed by atoms with van der Waals surface area (Å²) < 4.78 is 0. The van der Waals surface area contributed by atoms with Crippen molar-refractivity contribution in [1.82, 2.24) is 0 Å². The number of piperidine rings is 1. The van der Waals surface area contributed by atoms with Crippen LogP contribution < -0.4 is 10.6 Å². The molecule has 0 amide bonds. The standard InChI is InChI=1S/C17H28N2/c1-12-6-8-17(16(9-12)10-14(3)18)19-11-13(2)5-7-15(19)4/h6,8-9,13-15H,5,7,10-11,18H2,1-4H3. The molecular formula is C17H28N2. The second-order valence-electron chi connectivity index (χ2n) is 6.50. The Hall–Kier alpha value is -1.02. The van der Waals surface area contributed by atoms with Gasteiger partial charge in [0.2, 0.25) is 0 Å². The molecule has 0 spiro atoms. The molecule has 1 saturated heterocycles. The van der Waals surface area contributed by atoms with Gasteiger partial charge in [0.05, 0.1) is 0 Å². The third-order valence-electron chi connectivity index (χ3n) is 4.20. The van der Waals surface area contributed by atoms with Gasteiger partial charge in [-0.2, -0.15) is 0 Å². The minimum Gasteiger partial charge on any atom is -0.368 e. The Kier molecular flexibility index (Phi) is 4.51. The minimum absolute atomic E-state index is 0.220. The summed E-state index contributed by atoms with van der Waals surface area (Å²) in [6.45, 7) is 10.1. The van der Waals surface area contributed by atoms with E-state index in [-0.39, 0.29) is 6.04 Å². The molecule has 1 aliphatic heterocycles. The van der Waals surface area contributed by atoms with Crippen molar-refractivity contribution >= 4 is 5.69 Å².